The van der Waals surface area contributed by atoms with Crippen molar-refractivity contribution in [2.45, 2.75) is 4.34 Å². The SMILES string of the molecule is CS(=O)(=O)CS(=O)(=O)Nc1nnc(SCC(=O)O)s1. The van der Waals surface area contributed by atoms with E-state index in [1.807, 2.05) is 4.72 Å². The van der Waals surface area contributed by atoms with Crippen LogP contribution in [0.5, 0.6) is 0 Å². The summed E-state index contributed by atoms with van der Waals surface area (Å²) in [5, 5.41) is 14.3. The van der Waals surface area contributed by atoms with Crippen LogP contribution in [0.2, 0.25) is 0 Å². The number of aromatic nitrogens is 2. The molecule has 0 aliphatic rings. The lowest BCUT2D eigenvalue weighted by atomic mass is 10.8. The van der Waals surface area contributed by atoms with Crippen LogP contribution in [-0.4, -0.2) is 55.2 Å². The Kier molecular flexibility index (Phi) is 5.11. The van der Waals surface area contributed by atoms with Crippen molar-refractivity contribution >= 4 is 54.1 Å². The Morgan fingerprint density at radius 1 is 1.37 bits per heavy atom. The largest absolute Gasteiger partial charge is 0.481 e. The van der Waals surface area contributed by atoms with E-state index in [-0.39, 0.29) is 15.2 Å². The normalized spacial score (nSPS) is 12.3. The van der Waals surface area contributed by atoms with Gasteiger partial charge in [0.05, 0.1) is 5.75 Å². The molecule has 0 saturated heterocycles. The summed E-state index contributed by atoms with van der Waals surface area (Å²) >= 11 is 1.70. The van der Waals surface area contributed by atoms with E-state index in [1.54, 1.807) is 0 Å². The summed E-state index contributed by atoms with van der Waals surface area (Å²) in [6, 6.07) is 0. The summed E-state index contributed by atoms with van der Waals surface area (Å²) in [6.07, 6.45) is 0.792. The van der Waals surface area contributed by atoms with Crippen molar-refractivity contribution in [1.29, 1.82) is 0 Å². The molecule has 13 heteroatoms. The summed E-state index contributed by atoms with van der Waals surface area (Å²) in [5.74, 6) is -1.27. The molecule has 0 radical (unpaired) electrons. The Labute approximate surface area is 117 Å². The molecule has 0 spiro atoms. The van der Waals surface area contributed by atoms with Gasteiger partial charge in [-0.2, -0.15) is 0 Å². The van der Waals surface area contributed by atoms with Crippen molar-refractivity contribution in [1.82, 2.24) is 10.2 Å². The van der Waals surface area contributed by atoms with Crippen LogP contribution >= 0.6 is 23.1 Å². The highest BCUT2D eigenvalue weighted by Gasteiger charge is 2.20. The van der Waals surface area contributed by atoms with E-state index in [0.717, 1.165) is 29.4 Å². The number of carbonyl (C=O) groups is 1. The van der Waals surface area contributed by atoms with Crippen molar-refractivity contribution in [2.75, 3.05) is 21.8 Å². The van der Waals surface area contributed by atoms with E-state index in [0.29, 0.717) is 0 Å². The van der Waals surface area contributed by atoms with Gasteiger partial charge in [0, 0.05) is 6.26 Å². The molecule has 19 heavy (non-hydrogen) atoms. The zero-order valence-corrected chi connectivity index (χ0v) is 12.7. The van der Waals surface area contributed by atoms with Crippen LogP contribution in [0.25, 0.3) is 0 Å². The number of anilines is 1. The number of sulfonamides is 1. The smallest absolute Gasteiger partial charge is 0.313 e. The fourth-order valence-electron chi connectivity index (χ4n) is 0.877. The first-order valence-corrected chi connectivity index (χ1v) is 9.95. The van der Waals surface area contributed by atoms with Crippen LogP contribution in [-0.2, 0) is 24.7 Å². The van der Waals surface area contributed by atoms with Gasteiger partial charge in [-0.05, 0) is 0 Å². The second kappa shape index (κ2) is 6.02. The molecule has 0 amide bonds. The number of hydrogen-bond donors (Lipinski definition) is 2. The lowest BCUT2D eigenvalue weighted by Gasteiger charge is -2.01. The molecule has 108 valence electrons. The van der Waals surface area contributed by atoms with Crippen LogP contribution in [0.1, 0.15) is 0 Å². The lowest BCUT2D eigenvalue weighted by Crippen LogP contribution is -2.22. The van der Waals surface area contributed by atoms with E-state index in [1.165, 1.54) is 0 Å². The van der Waals surface area contributed by atoms with Gasteiger partial charge in [0.25, 0.3) is 0 Å². The van der Waals surface area contributed by atoms with E-state index >= 15 is 0 Å². The molecular weight excluding hydrogens is 338 g/mol. The van der Waals surface area contributed by atoms with Gasteiger partial charge in [-0.15, -0.1) is 10.2 Å². The average molecular weight is 347 g/mol. The summed E-state index contributed by atoms with van der Waals surface area (Å²) < 4.78 is 46.9. The number of sulfone groups is 1. The molecule has 0 aliphatic heterocycles. The Morgan fingerprint density at radius 2 is 2.00 bits per heavy atom. The third-order valence-corrected chi connectivity index (χ3v) is 6.88. The quantitative estimate of drug-likeness (QED) is 0.621. The van der Waals surface area contributed by atoms with Gasteiger partial charge in [-0.3, -0.25) is 9.52 Å². The van der Waals surface area contributed by atoms with Crippen LogP contribution in [0.15, 0.2) is 4.34 Å². The first-order chi connectivity index (χ1) is 8.57. The van der Waals surface area contributed by atoms with Gasteiger partial charge in [-0.25, -0.2) is 16.8 Å². The molecule has 1 rings (SSSR count). The van der Waals surface area contributed by atoms with Crippen molar-refractivity contribution in [2.24, 2.45) is 0 Å². The first kappa shape index (κ1) is 16.1. The number of carboxylic acid groups (broad SMARTS) is 1. The molecule has 0 saturated carbocycles. The van der Waals surface area contributed by atoms with Gasteiger partial charge in [0.15, 0.2) is 19.3 Å². The zero-order valence-electron chi connectivity index (χ0n) is 9.43. The predicted molar refractivity (Wildman–Crippen MR) is 70.5 cm³/mol. The van der Waals surface area contributed by atoms with Crippen LogP contribution in [0.4, 0.5) is 5.13 Å². The lowest BCUT2D eigenvalue weighted by molar-refractivity contribution is -0.133. The van der Waals surface area contributed by atoms with Gasteiger partial charge in [0.1, 0.15) is 0 Å². The van der Waals surface area contributed by atoms with E-state index in [2.05, 4.69) is 10.2 Å². The van der Waals surface area contributed by atoms with E-state index in [4.69, 9.17) is 5.11 Å². The number of aliphatic carboxylic acids is 1. The topological polar surface area (TPSA) is 143 Å². The standard InChI is InChI=1S/C6H9N3O6S4/c1-18(12,13)3-19(14,15)9-5-7-8-6(17-5)16-2-4(10)11/h2-3H2,1H3,(H,7,9)(H,10,11). The predicted octanol–water partition coefficient (Wildman–Crippen LogP) is -0.541. The second-order valence-electron chi connectivity index (χ2n) is 3.32. The van der Waals surface area contributed by atoms with Crippen LogP contribution in [0, 0.1) is 0 Å². The van der Waals surface area contributed by atoms with Crippen molar-refractivity contribution in [3.05, 3.63) is 0 Å². The Bertz CT molecular complexity index is 663. The summed E-state index contributed by atoms with van der Waals surface area (Å²) in [4.78, 5) is 10.3. The highest BCUT2D eigenvalue weighted by atomic mass is 32.3. The Morgan fingerprint density at radius 3 is 2.53 bits per heavy atom. The fraction of sp³-hybridized carbons (Fsp3) is 0.500. The molecule has 2 N–H and O–H groups in total. The number of thioether (sulfide) groups is 1. The molecule has 1 aromatic rings. The average Bonchev–Trinajstić information content (AvgIpc) is 2.57. The molecule has 0 atom stereocenters. The highest BCUT2D eigenvalue weighted by Crippen LogP contribution is 2.25. The highest BCUT2D eigenvalue weighted by molar-refractivity contribution is 8.08. The number of nitrogens with zero attached hydrogens (tertiary/aromatic N) is 2. The molecule has 0 unspecified atom stereocenters. The zero-order chi connectivity index (χ0) is 14.7. The third-order valence-electron chi connectivity index (χ3n) is 1.34. The second-order valence-corrected chi connectivity index (χ2v) is 9.74. The molecule has 0 fully saturated rings. The van der Waals surface area contributed by atoms with Crippen LogP contribution < -0.4 is 4.72 Å². The monoisotopic (exact) mass is 347 g/mol. The fourth-order valence-corrected chi connectivity index (χ4v) is 5.55. The summed E-state index contributed by atoms with van der Waals surface area (Å²) in [5.41, 5.74) is 0. The van der Waals surface area contributed by atoms with E-state index in [9.17, 15) is 21.6 Å². The maximum Gasteiger partial charge on any atom is 0.313 e. The van der Waals surface area contributed by atoms with Crippen molar-refractivity contribution < 1.29 is 26.7 Å². The van der Waals surface area contributed by atoms with Crippen molar-refractivity contribution in [3.63, 3.8) is 0 Å². The molecule has 0 aromatic carbocycles. The molecular formula is C6H9N3O6S4. The third kappa shape index (κ3) is 6.70. The minimum Gasteiger partial charge on any atom is -0.481 e. The van der Waals surface area contributed by atoms with Gasteiger partial charge >= 0.3 is 5.97 Å². The minimum absolute atomic E-state index is 0.114. The number of hydrogen-bond acceptors (Lipinski definition) is 9. The van der Waals surface area contributed by atoms with Gasteiger partial charge < -0.3 is 5.11 Å². The van der Waals surface area contributed by atoms with E-state index < -0.39 is 30.9 Å². The maximum absolute atomic E-state index is 11.4. The number of nitrogens with one attached hydrogen (secondary N) is 1. The molecule has 1 aromatic heterocycles. The number of carboxylic acids is 1. The Balaban J connectivity index is 2.70. The molecule has 0 aliphatic carbocycles. The maximum atomic E-state index is 11.4. The van der Waals surface area contributed by atoms with Crippen LogP contribution in [0.3, 0.4) is 0 Å². The minimum atomic E-state index is -4.07. The summed E-state index contributed by atoms with van der Waals surface area (Å²) in [7, 11) is -7.76. The number of rotatable bonds is 7. The molecule has 1 heterocycles. The Hall–Kier alpha value is -0.920. The van der Waals surface area contributed by atoms with Gasteiger partial charge in [-0.1, -0.05) is 23.1 Å². The van der Waals surface area contributed by atoms with Gasteiger partial charge in [0.2, 0.25) is 15.2 Å². The summed E-state index contributed by atoms with van der Waals surface area (Å²) in [6.45, 7) is 0. The first-order valence-electron chi connectivity index (χ1n) is 4.44. The molecule has 9 nitrogen and oxygen atoms in total. The molecule has 0 bridgehead atoms. The van der Waals surface area contributed by atoms with Crippen molar-refractivity contribution in [3.8, 4) is 0 Å².